The third kappa shape index (κ3) is 3.41. The molecule has 0 aliphatic rings. The van der Waals surface area contributed by atoms with Crippen molar-refractivity contribution in [1.29, 1.82) is 0 Å². The molecule has 0 atom stereocenters. The number of amides is 1. The van der Waals surface area contributed by atoms with Gasteiger partial charge >= 0.3 is 5.95 Å². The summed E-state index contributed by atoms with van der Waals surface area (Å²) < 4.78 is 0. The van der Waals surface area contributed by atoms with Crippen LogP contribution in [0.15, 0.2) is 22.6 Å². The Balaban J connectivity index is 1.93. The lowest BCUT2D eigenvalue weighted by Crippen LogP contribution is -2.20. The third-order valence-corrected chi connectivity index (χ3v) is 2.94. The minimum atomic E-state index is -0.742. The van der Waals surface area contributed by atoms with E-state index in [0.29, 0.717) is 10.6 Å². The Bertz CT molecular complexity index is 648. The first-order valence-electron chi connectivity index (χ1n) is 5.35. The monoisotopic (exact) mass is 295 g/mol. The number of carbonyl (C=O) groups excluding carboxylic acids is 1. The van der Waals surface area contributed by atoms with E-state index in [1.54, 1.807) is 24.4 Å². The molecule has 0 unspecified atom stereocenters. The smallest absolute Gasteiger partial charge is 0.390 e. The highest BCUT2D eigenvalue weighted by molar-refractivity contribution is 7.12. The molecule has 0 aromatic carbocycles. The minimum absolute atomic E-state index is 0.0888. The van der Waals surface area contributed by atoms with E-state index >= 15 is 0 Å². The topological polar surface area (TPSA) is 128 Å². The van der Waals surface area contributed by atoms with Crippen molar-refractivity contribution >= 4 is 28.9 Å². The molecule has 1 N–H and O–H groups in total. The summed E-state index contributed by atoms with van der Waals surface area (Å²) in [6.45, 7) is 1.72. The van der Waals surface area contributed by atoms with E-state index in [2.05, 4.69) is 25.9 Å². The fourth-order valence-electron chi connectivity index (χ4n) is 1.22. The summed E-state index contributed by atoms with van der Waals surface area (Å²) in [6, 6.07) is 3.43. The molecule has 0 radical (unpaired) electrons. The molecule has 11 heteroatoms. The largest absolute Gasteiger partial charge is 0.514 e. The van der Waals surface area contributed by atoms with Crippen molar-refractivity contribution in [2.45, 2.75) is 13.5 Å². The predicted octanol–water partition coefficient (Wildman–Crippen LogP) is 0.449. The van der Waals surface area contributed by atoms with Gasteiger partial charge in [0, 0.05) is 5.21 Å². The lowest BCUT2D eigenvalue weighted by molar-refractivity contribution is -0.394. The van der Waals surface area contributed by atoms with Gasteiger partial charge in [-0.1, -0.05) is 10.9 Å². The Morgan fingerprint density at radius 1 is 1.65 bits per heavy atom. The number of nitro groups is 1. The van der Waals surface area contributed by atoms with Crippen LogP contribution in [0.1, 0.15) is 16.6 Å². The van der Waals surface area contributed by atoms with Crippen LogP contribution in [-0.4, -0.2) is 36.7 Å². The molecular weight excluding hydrogens is 286 g/mol. The zero-order valence-electron chi connectivity index (χ0n) is 10.3. The van der Waals surface area contributed by atoms with Gasteiger partial charge in [0.15, 0.2) is 0 Å². The van der Waals surface area contributed by atoms with Gasteiger partial charge in [-0.15, -0.1) is 11.3 Å². The van der Waals surface area contributed by atoms with Crippen molar-refractivity contribution in [3.63, 3.8) is 0 Å². The number of nitrogens with zero attached hydrogens (tertiary/aromatic N) is 6. The van der Waals surface area contributed by atoms with E-state index in [-0.39, 0.29) is 12.5 Å². The van der Waals surface area contributed by atoms with Crippen molar-refractivity contribution in [3.05, 3.63) is 32.5 Å². The van der Waals surface area contributed by atoms with Crippen LogP contribution in [0, 0.1) is 10.1 Å². The highest BCUT2D eigenvalue weighted by Gasteiger charge is 2.15. The van der Waals surface area contributed by atoms with Gasteiger partial charge in [-0.05, 0) is 23.3 Å². The minimum Gasteiger partial charge on any atom is -0.390 e. The lowest BCUT2D eigenvalue weighted by atomic mass is 10.4. The molecule has 0 fully saturated rings. The molecule has 2 rings (SSSR count). The van der Waals surface area contributed by atoms with Crippen LogP contribution in [0.5, 0.6) is 0 Å². The van der Waals surface area contributed by atoms with Crippen molar-refractivity contribution in [1.82, 2.24) is 25.6 Å². The van der Waals surface area contributed by atoms with Gasteiger partial charge in [0.2, 0.25) is 0 Å². The molecule has 20 heavy (non-hydrogen) atoms. The number of nitrogens with one attached hydrogen (secondary N) is 1. The number of tetrazole rings is 1. The van der Waals surface area contributed by atoms with Crippen LogP contribution in [0.4, 0.5) is 5.95 Å². The van der Waals surface area contributed by atoms with Gasteiger partial charge in [0.1, 0.15) is 6.54 Å². The van der Waals surface area contributed by atoms with Crippen molar-refractivity contribution in [2.75, 3.05) is 0 Å². The Labute approximate surface area is 116 Å². The van der Waals surface area contributed by atoms with Gasteiger partial charge in [0.05, 0.1) is 20.8 Å². The average molecular weight is 295 g/mol. The second kappa shape index (κ2) is 5.97. The fraction of sp³-hybridized carbons (Fsp3) is 0.222. The highest BCUT2D eigenvalue weighted by Crippen LogP contribution is 2.07. The molecule has 0 spiro atoms. The summed E-state index contributed by atoms with van der Waals surface area (Å²) in [5.41, 5.74) is 2.85. The molecular formula is C9H9N7O3S. The Hall–Kier alpha value is -2.69. The van der Waals surface area contributed by atoms with Crippen LogP contribution < -0.4 is 5.43 Å². The van der Waals surface area contributed by atoms with Gasteiger partial charge in [-0.3, -0.25) is 4.79 Å². The number of thiophene rings is 1. The summed E-state index contributed by atoms with van der Waals surface area (Å²) in [7, 11) is 0. The molecule has 10 nitrogen and oxygen atoms in total. The first-order valence-corrected chi connectivity index (χ1v) is 6.23. The molecule has 1 amide bonds. The van der Waals surface area contributed by atoms with Crippen LogP contribution in [0.3, 0.4) is 0 Å². The summed E-state index contributed by atoms with van der Waals surface area (Å²) in [6.07, 6.45) is 0. The van der Waals surface area contributed by atoms with Crippen molar-refractivity contribution < 1.29 is 9.72 Å². The molecule has 0 saturated carbocycles. The zero-order valence-corrected chi connectivity index (χ0v) is 11.1. The Morgan fingerprint density at radius 2 is 2.45 bits per heavy atom. The number of hydrogen-bond acceptors (Lipinski definition) is 8. The summed E-state index contributed by atoms with van der Waals surface area (Å²) >= 11 is 1.30. The van der Waals surface area contributed by atoms with Crippen LogP contribution in [0.25, 0.3) is 0 Å². The molecule has 0 saturated heterocycles. The maximum atomic E-state index is 11.6. The maximum absolute atomic E-state index is 11.6. The summed E-state index contributed by atoms with van der Waals surface area (Å²) in [5, 5.41) is 26.3. The zero-order chi connectivity index (χ0) is 14.5. The first-order chi connectivity index (χ1) is 9.56. The van der Waals surface area contributed by atoms with Crippen LogP contribution >= 0.6 is 11.3 Å². The average Bonchev–Trinajstić information content (AvgIpc) is 3.06. The van der Waals surface area contributed by atoms with Gasteiger partial charge in [-0.2, -0.15) is 5.10 Å². The highest BCUT2D eigenvalue weighted by atomic mass is 32.1. The van der Waals surface area contributed by atoms with E-state index in [4.69, 9.17) is 0 Å². The lowest BCUT2D eigenvalue weighted by Gasteiger charge is -1.98. The summed E-state index contributed by atoms with van der Waals surface area (Å²) in [5.74, 6) is -0.905. The van der Waals surface area contributed by atoms with Crippen LogP contribution in [-0.2, 0) is 6.54 Å². The molecule has 2 aromatic rings. The molecule has 0 aliphatic heterocycles. The number of hydrogen-bond donors (Lipinski definition) is 1. The number of rotatable bonds is 5. The number of carbonyl (C=O) groups is 1. The van der Waals surface area contributed by atoms with Crippen molar-refractivity contribution in [3.8, 4) is 0 Å². The van der Waals surface area contributed by atoms with E-state index in [1.807, 2.05) is 0 Å². The molecule has 0 bridgehead atoms. The second-order valence-electron chi connectivity index (χ2n) is 3.64. The van der Waals surface area contributed by atoms with E-state index < -0.39 is 10.9 Å². The Kier molecular flexibility index (Phi) is 4.10. The predicted molar refractivity (Wildman–Crippen MR) is 69.4 cm³/mol. The van der Waals surface area contributed by atoms with Gasteiger partial charge < -0.3 is 10.1 Å². The SMILES string of the molecule is CC(Cn1nnc([N+](=O)[O-])n1)=NNC(=O)c1cccs1. The standard InChI is InChI=1S/C9H9N7O3S/c1-6(5-15-13-9(12-14-15)16(18)19)10-11-8(17)7-3-2-4-20-7/h2-4H,5H2,1H3,(H,11,17). The van der Waals surface area contributed by atoms with Crippen molar-refractivity contribution in [2.24, 2.45) is 5.10 Å². The second-order valence-corrected chi connectivity index (χ2v) is 4.59. The molecule has 2 heterocycles. The normalized spacial score (nSPS) is 11.3. The molecule has 0 aliphatic carbocycles. The van der Waals surface area contributed by atoms with Gasteiger partial charge in [0.25, 0.3) is 5.91 Å². The molecule has 2 aromatic heterocycles. The summed E-state index contributed by atoms with van der Waals surface area (Å²) in [4.78, 5) is 22.8. The van der Waals surface area contributed by atoms with E-state index in [1.165, 1.54) is 11.3 Å². The fourth-order valence-corrected chi connectivity index (χ4v) is 1.84. The van der Waals surface area contributed by atoms with E-state index in [9.17, 15) is 14.9 Å². The quantitative estimate of drug-likeness (QED) is 0.484. The third-order valence-electron chi connectivity index (χ3n) is 2.07. The maximum Gasteiger partial charge on any atom is 0.514 e. The number of hydrazone groups is 1. The van der Waals surface area contributed by atoms with Gasteiger partial charge in [-0.25, -0.2) is 5.43 Å². The molecule has 104 valence electrons. The van der Waals surface area contributed by atoms with Crippen LogP contribution in [0.2, 0.25) is 0 Å². The van der Waals surface area contributed by atoms with E-state index in [0.717, 1.165) is 4.80 Å². The number of aromatic nitrogens is 4. The first kappa shape index (κ1) is 13.7. The Morgan fingerprint density at radius 3 is 3.05 bits per heavy atom.